The van der Waals surface area contributed by atoms with E-state index < -0.39 is 47.5 Å². The van der Waals surface area contributed by atoms with Gasteiger partial charge in [0.1, 0.15) is 6.04 Å². The fourth-order valence-corrected chi connectivity index (χ4v) is 5.35. The fraction of sp³-hybridized carbons (Fsp3) is 0.455. The van der Waals surface area contributed by atoms with E-state index >= 15 is 0 Å². The van der Waals surface area contributed by atoms with Crippen molar-refractivity contribution < 1.29 is 39.0 Å². The van der Waals surface area contributed by atoms with Gasteiger partial charge < -0.3 is 20.0 Å². The molecule has 1 unspecified atom stereocenters. The molecule has 1 aromatic rings. The van der Waals surface area contributed by atoms with Gasteiger partial charge in [0.05, 0.1) is 11.1 Å². The van der Waals surface area contributed by atoms with Crippen LogP contribution in [0.25, 0.3) is 0 Å². The monoisotopic (exact) mass is 470 g/mol. The van der Waals surface area contributed by atoms with Crippen LogP contribution in [-0.4, -0.2) is 94.3 Å². The highest BCUT2D eigenvalue weighted by molar-refractivity contribution is 6.23. The molecule has 3 saturated heterocycles. The molecular formula is C22H22N4O8. The summed E-state index contributed by atoms with van der Waals surface area (Å²) in [5, 5.41) is 20.3. The number of amides is 4. The zero-order chi connectivity index (χ0) is 24.4. The van der Waals surface area contributed by atoms with Crippen molar-refractivity contribution >= 4 is 41.3 Å². The van der Waals surface area contributed by atoms with E-state index in [4.69, 9.17) is 10.2 Å². The molecule has 4 aliphatic rings. The fourth-order valence-electron chi connectivity index (χ4n) is 5.35. The van der Waals surface area contributed by atoms with Crippen molar-refractivity contribution in [3.05, 3.63) is 29.3 Å². The first-order valence-electron chi connectivity index (χ1n) is 10.9. The Kier molecular flexibility index (Phi) is 4.93. The number of piperidine rings is 1. The number of carbonyl (C=O) groups excluding carboxylic acids is 4. The number of nitrogens with zero attached hydrogens (tertiary/aromatic N) is 3. The van der Waals surface area contributed by atoms with Gasteiger partial charge in [-0.3, -0.25) is 39.0 Å². The maximum atomic E-state index is 13.0. The normalized spacial score (nSPS) is 23.6. The summed E-state index contributed by atoms with van der Waals surface area (Å²) in [5.74, 6) is -6.36. The van der Waals surface area contributed by atoms with Crippen LogP contribution in [0.1, 0.15) is 33.6 Å². The van der Waals surface area contributed by atoms with Crippen LogP contribution in [0.5, 0.6) is 0 Å². The zero-order valence-corrected chi connectivity index (χ0v) is 18.0. The molecule has 4 aliphatic heterocycles. The smallest absolute Gasteiger partial charge is 0.319 e. The van der Waals surface area contributed by atoms with Gasteiger partial charge in [0.2, 0.25) is 11.8 Å². The molecule has 0 aromatic heterocycles. The molecule has 178 valence electrons. The predicted octanol–water partition coefficient (Wildman–Crippen LogP) is -1.00. The molecule has 12 heteroatoms. The number of carbonyl (C=O) groups is 6. The van der Waals surface area contributed by atoms with Gasteiger partial charge in [0, 0.05) is 50.2 Å². The topological polar surface area (TPSA) is 165 Å². The first kappa shape index (κ1) is 22.0. The van der Waals surface area contributed by atoms with E-state index in [1.165, 1.54) is 0 Å². The van der Waals surface area contributed by atoms with E-state index in [9.17, 15) is 28.8 Å². The van der Waals surface area contributed by atoms with Gasteiger partial charge in [0.25, 0.3) is 11.8 Å². The van der Waals surface area contributed by atoms with E-state index in [-0.39, 0.29) is 35.9 Å². The second-order valence-corrected chi connectivity index (χ2v) is 9.43. The summed E-state index contributed by atoms with van der Waals surface area (Å²) in [6, 6.07) is 3.93. The zero-order valence-electron chi connectivity index (χ0n) is 18.0. The Morgan fingerprint density at radius 2 is 1.65 bits per heavy atom. The lowest BCUT2D eigenvalue weighted by Crippen LogP contribution is -2.72. The van der Waals surface area contributed by atoms with Crippen molar-refractivity contribution in [1.82, 2.24) is 15.1 Å². The van der Waals surface area contributed by atoms with Gasteiger partial charge in [-0.05, 0) is 24.6 Å². The molecule has 1 aromatic carbocycles. The Bertz CT molecular complexity index is 1140. The molecule has 0 aliphatic carbocycles. The molecule has 12 nitrogen and oxygen atoms in total. The second-order valence-electron chi connectivity index (χ2n) is 9.43. The molecule has 4 heterocycles. The standard InChI is InChI=1S/C22H22N4O8/c27-16-4-3-15(17(28)23-16)26-18(29)12-2-1-11(5-13(12)19(26)30)25-9-22(10-25)7-24(8-22)6-14(20(31)32)21(33)34/h1-2,5,14-15H,3-4,6-10H2,(H,31,32)(H,33,34)(H,23,27,28). The van der Waals surface area contributed by atoms with Crippen molar-refractivity contribution in [3.63, 3.8) is 0 Å². The third-order valence-electron chi connectivity index (χ3n) is 7.00. The van der Waals surface area contributed by atoms with Crippen LogP contribution < -0.4 is 10.2 Å². The number of hydrogen-bond acceptors (Lipinski definition) is 8. The molecule has 0 saturated carbocycles. The minimum atomic E-state index is -1.46. The van der Waals surface area contributed by atoms with Crippen LogP contribution in [0.3, 0.4) is 0 Å². The number of benzene rings is 1. The molecule has 4 amide bonds. The molecular weight excluding hydrogens is 448 g/mol. The molecule has 34 heavy (non-hydrogen) atoms. The SMILES string of the molecule is O=C1CCC(N2C(=O)c3ccc(N4CC5(CN(CC(C(=O)O)C(=O)O)C5)C4)cc3C2=O)C(=O)N1. The minimum Gasteiger partial charge on any atom is -0.481 e. The number of carboxylic acids is 2. The van der Waals surface area contributed by atoms with Crippen molar-refractivity contribution in [2.24, 2.45) is 11.3 Å². The number of nitrogens with one attached hydrogen (secondary N) is 1. The largest absolute Gasteiger partial charge is 0.481 e. The highest BCUT2D eigenvalue weighted by Crippen LogP contribution is 2.43. The predicted molar refractivity (Wildman–Crippen MR) is 113 cm³/mol. The molecule has 1 atom stereocenters. The number of hydrogen-bond donors (Lipinski definition) is 3. The average molecular weight is 470 g/mol. The number of imide groups is 2. The van der Waals surface area contributed by atoms with E-state index in [2.05, 4.69) is 5.32 Å². The van der Waals surface area contributed by atoms with Crippen LogP contribution >= 0.6 is 0 Å². The lowest BCUT2D eigenvalue weighted by molar-refractivity contribution is -0.157. The van der Waals surface area contributed by atoms with Crippen LogP contribution in [0.15, 0.2) is 18.2 Å². The molecule has 5 rings (SSSR count). The van der Waals surface area contributed by atoms with Crippen LogP contribution in [-0.2, 0) is 19.2 Å². The maximum absolute atomic E-state index is 13.0. The van der Waals surface area contributed by atoms with Crippen LogP contribution in [0, 0.1) is 11.3 Å². The third-order valence-corrected chi connectivity index (χ3v) is 7.00. The summed E-state index contributed by atoms with van der Waals surface area (Å²) in [4.78, 5) is 76.4. The second kappa shape index (κ2) is 7.62. The summed E-state index contributed by atoms with van der Waals surface area (Å²) in [5.41, 5.74) is 1.13. The average Bonchev–Trinajstić information content (AvgIpc) is 2.95. The van der Waals surface area contributed by atoms with Gasteiger partial charge in [-0.2, -0.15) is 0 Å². The van der Waals surface area contributed by atoms with Gasteiger partial charge in [0.15, 0.2) is 5.92 Å². The first-order chi connectivity index (χ1) is 16.1. The van der Waals surface area contributed by atoms with E-state index in [0.717, 1.165) is 10.6 Å². The summed E-state index contributed by atoms with van der Waals surface area (Å²) < 4.78 is 0. The van der Waals surface area contributed by atoms with Gasteiger partial charge >= 0.3 is 11.9 Å². The van der Waals surface area contributed by atoms with Gasteiger partial charge in [-0.1, -0.05) is 0 Å². The van der Waals surface area contributed by atoms with Crippen molar-refractivity contribution in [3.8, 4) is 0 Å². The van der Waals surface area contributed by atoms with Gasteiger partial charge in [-0.15, -0.1) is 0 Å². The first-order valence-corrected chi connectivity index (χ1v) is 10.9. The highest BCUT2D eigenvalue weighted by atomic mass is 16.4. The number of anilines is 1. The summed E-state index contributed by atoms with van der Waals surface area (Å²) >= 11 is 0. The quantitative estimate of drug-likeness (QED) is 0.347. The molecule has 3 N–H and O–H groups in total. The lowest BCUT2D eigenvalue weighted by Gasteiger charge is -2.61. The van der Waals surface area contributed by atoms with Crippen LogP contribution in [0.2, 0.25) is 0 Å². The Hall–Kier alpha value is -3.80. The van der Waals surface area contributed by atoms with Crippen LogP contribution in [0.4, 0.5) is 5.69 Å². The molecule has 0 radical (unpaired) electrons. The maximum Gasteiger partial charge on any atom is 0.319 e. The third kappa shape index (κ3) is 3.41. The minimum absolute atomic E-state index is 0.0436. The van der Waals surface area contributed by atoms with Crippen molar-refractivity contribution in [1.29, 1.82) is 0 Å². The number of likely N-dealkylation sites (tertiary alicyclic amines) is 1. The number of carboxylic acid groups (broad SMARTS) is 2. The molecule has 1 spiro atoms. The molecule has 0 bridgehead atoms. The lowest BCUT2D eigenvalue weighted by atomic mass is 9.72. The Balaban J connectivity index is 1.23. The number of fused-ring (bicyclic) bond motifs is 1. The van der Waals surface area contributed by atoms with Crippen molar-refractivity contribution in [2.75, 3.05) is 37.6 Å². The molecule has 3 fully saturated rings. The Morgan fingerprint density at radius 1 is 1.00 bits per heavy atom. The Labute approximate surface area is 193 Å². The van der Waals surface area contributed by atoms with E-state index in [1.807, 2.05) is 9.80 Å². The van der Waals surface area contributed by atoms with E-state index in [0.29, 0.717) is 26.2 Å². The number of rotatable bonds is 6. The summed E-state index contributed by atoms with van der Waals surface area (Å²) in [7, 11) is 0. The Morgan fingerprint density at radius 3 is 2.26 bits per heavy atom. The summed E-state index contributed by atoms with van der Waals surface area (Å²) in [6.45, 7) is 2.45. The van der Waals surface area contributed by atoms with Crippen molar-refractivity contribution in [2.45, 2.75) is 18.9 Å². The van der Waals surface area contributed by atoms with Gasteiger partial charge in [-0.25, -0.2) is 0 Å². The van der Waals surface area contributed by atoms with E-state index in [1.54, 1.807) is 18.2 Å². The highest BCUT2D eigenvalue weighted by Gasteiger charge is 2.53. The summed E-state index contributed by atoms with van der Waals surface area (Å²) in [6.07, 6.45) is 0.153. The number of aliphatic carboxylic acids is 2.